The van der Waals surface area contributed by atoms with Gasteiger partial charge in [0.15, 0.2) is 0 Å². The fourth-order valence-electron chi connectivity index (χ4n) is 1.08. The van der Waals surface area contributed by atoms with Crippen molar-refractivity contribution in [2.75, 3.05) is 0 Å². The molecular weight excluding hydrogens is 110 g/mol. The first-order valence-corrected chi connectivity index (χ1v) is 3.52. The topological polar surface area (TPSA) is 4.93 Å². The Hall–Kier alpha value is -0.720. The number of nitrogens with zero attached hydrogens (tertiary/aromatic N) is 1. The summed E-state index contributed by atoms with van der Waals surface area (Å²) in [5.74, 6) is 0. The van der Waals surface area contributed by atoms with Gasteiger partial charge in [-0.15, -0.1) is 0 Å². The molecule has 0 fully saturated rings. The van der Waals surface area contributed by atoms with Crippen molar-refractivity contribution in [1.29, 1.82) is 0 Å². The van der Waals surface area contributed by atoms with E-state index in [0.29, 0.717) is 0 Å². The van der Waals surface area contributed by atoms with Gasteiger partial charge in [0.2, 0.25) is 0 Å². The maximum atomic E-state index is 2.26. The van der Waals surface area contributed by atoms with Crippen LogP contribution in [0.4, 0.5) is 0 Å². The van der Waals surface area contributed by atoms with Crippen LogP contribution in [0.25, 0.3) is 0 Å². The van der Waals surface area contributed by atoms with E-state index < -0.39 is 0 Å². The average Bonchev–Trinajstić information content (AvgIpc) is 2.33. The molecule has 9 heavy (non-hydrogen) atoms. The zero-order valence-electron chi connectivity index (χ0n) is 6.09. The minimum atomic E-state index is 1.09. The molecule has 0 aliphatic carbocycles. The Bertz CT molecular complexity index is 158. The summed E-state index contributed by atoms with van der Waals surface area (Å²) in [5.41, 5.74) is 1.43. The molecule has 0 aliphatic rings. The van der Waals surface area contributed by atoms with Gasteiger partial charge in [0.05, 0.1) is 0 Å². The van der Waals surface area contributed by atoms with Crippen molar-refractivity contribution in [2.45, 2.75) is 26.8 Å². The third kappa shape index (κ3) is 1.15. The molecule has 1 aromatic heterocycles. The molecule has 0 atom stereocenters. The van der Waals surface area contributed by atoms with Gasteiger partial charge in [0.25, 0.3) is 0 Å². The van der Waals surface area contributed by atoms with Crippen LogP contribution in [0, 0.1) is 0 Å². The maximum Gasteiger partial charge on any atom is 0.0193 e. The fourth-order valence-corrected chi connectivity index (χ4v) is 1.08. The Kier molecular flexibility index (Phi) is 1.93. The second kappa shape index (κ2) is 2.72. The molecule has 0 aromatic carbocycles. The third-order valence-electron chi connectivity index (χ3n) is 1.63. The van der Waals surface area contributed by atoms with Crippen molar-refractivity contribution in [3.8, 4) is 0 Å². The van der Waals surface area contributed by atoms with Crippen LogP contribution in [-0.2, 0) is 13.0 Å². The smallest absolute Gasteiger partial charge is 0.0193 e. The van der Waals surface area contributed by atoms with Crippen LogP contribution in [0.2, 0.25) is 0 Å². The van der Waals surface area contributed by atoms with Gasteiger partial charge >= 0.3 is 0 Å². The van der Waals surface area contributed by atoms with E-state index in [2.05, 4.69) is 36.7 Å². The van der Waals surface area contributed by atoms with Gasteiger partial charge in [-0.05, 0) is 25.5 Å². The van der Waals surface area contributed by atoms with Gasteiger partial charge in [-0.25, -0.2) is 0 Å². The standard InChI is InChI=1S/C8H13N/c1-3-8-6-5-7-9(8)4-2/h5-7H,3-4H2,1-2H3. The highest BCUT2D eigenvalue weighted by molar-refractivity contribution is 5.06. The van der Waals surface area contributed by atoms with E-state index in [1.54, 1.807) is 0 Å². The molecular formula is C8H13N. The van der Waals surface area contributed by atoms with Crippen LogP contribution in [-0.4, -0.2) is 4.57 Å². The highest BCUT2D eigenvalue weighted by Gasteiger charge is 1.92. The first-order chi connectivity index (χ1) is 4.38. The van der Waals surface area contributed by atoms with Crippen molar-refractivity contribution in [1.82, 2.24) is 4.57 Å². The third-order valence-corrected chi connectivity index (χ3v) is 1.63. The van der Waals surface area contributed by atoms with E-state index in [1.807, 2.05) is 0 Å². The fraction of sp³-hybridized carbons (Fsp3) is 0.500. The summed E-state index contributed by atoms with van der Waals surface area (Å²) in [7, 11) is 0. The summed E-state index contributed by atoms with van der Waals surface area (Å²) in [6.07, 6.45) is 3.26. The molecule has 0 N–H and O–H groups in total. The van der Waals surface area contributed by atoms with Gasteiger partial charge < -0.3 is 4.57 Å². The Balaban J connectivity index is 2.85. The van der Waals surface area contributed by atoms with Crippen LogP contribution in [0.1, 0.15) is 19.5 Å². The van der Waals surface area contributed by atoms with Crippen LogP contribution in [0.3, 0.4) is 0 Å². The van der Waals surface area contributed by atoms with Crippen molar-refractivity contribution >= 4 is 0 Å². The number of hydrogen-bond donors (Lipinski definition) is 0. The Morgan fingerprint density at radius 3 is 2.67 bits per heavy atom. The molecule has 1 rings (SSSR count). The predicted molar refractivity (Wildman–Crippen MR) is 39.5 cm³/mol. The van der Waals surface area contributed by atoms with Crippen molar-refractivity contribution in [3.05, 3.63) is 24.0 Å². The minimum Gasteiger partial charge on any atom is -0.352 e. The first kappa shape index (κ1) is 6.40. The average molecular weight is 123 g/mol. The maximum absolute atomic E-state index is 2.26. The minimum absolute atomic E-state index is 1.09. The molecule has 0 bridgehead atoms. The Labute approximate surface area is 56.3 Å². The summed E-state index contributed by atoms with van der Waals surface area (Å²) in [5, 5.41) is 0. The van der Waals surface area contributed by atoms with Crippen molar-refractivity contribution in [2.24, 2.45) is 0 Å². The van der Waals surface area contributed by atoms with Crippen molar-refractivity contribution in [3.63, 3.8) is 0 Å². The number of aromatic nitrogens is 1. The van der Waals surface area contributed by atoms with E-state index >= 15 is 0 Å². The van der Waals surface area contributed by atoms with E-state index in [-0.39, 0.29) is 0 Å². The van der Waals surface area contributed by atoms with E-state index in [4.69, 9.17) is 0 Å². The summed E-state index contributed by atoms with van der Waals surface area (Å²) >= 11 is 0. The normalized spacial score (nSPS) is 10.0. The van der Waals surface area contributed by atoms with E-state index in [1.165, 1.54) is 5.69 Å². The predicted octanol–water partition coefficient (Wildman–Crippen LogP) is 2.07. The summed E-state index contributed by atoms with van der Waals surface area (Å²) < 4.78 is 2.26. The molecule has 0 unspecified atom stereocenters. The van der Waals surface area contributed by atoms with E-state index in [9.17, 15) is 0 Å². The zero-order chi connectivity index (χ0) is 6.69. The number of hydrogen-bond acceptors (Lipinski definition) is 0. The van der Waals surface area contributed by atoms with Crippen LogP contribution >= 0.6 is 0 Å². The largest absolute Gasteiger partial charge is 0.352 e. The van der Waals surface area contributed by atoms with Crippen LogP contribution in [0.15, 0.2) is 18.3 Å². The molecule has 0 spiro atoms. The molecule has 50 valence electrons. The highest BCUT2D eigenvalue weighted by Crippen LogP contribution is 2.01. The number of aryl methyl sites for hydroxylation is 2. The quantitative estimate of drug-likeness (QED) is 0.567. The van der Waals surface area contributed by atoms with Crippen LogP contribution in [0.5, 0.6) is 0 Å². The molecule has 0 aliphatic heterocycles. The second-order valence-electron chi connectivity index (χ2n) is 2.14. The van der Waals surface area contributed by atoms with Gasteiger partial charge in [-0.3, -0.25) is 0 Å². The summed E-state index contributed by atoms with van der Waals surface area (Å²) in [4.78, 5) is 0. The summed E-state index contributed by atoms with van der Waals surface area (Å²) in [6.45, 7) is 5.44. The molecule has 0 radical (unpaired) electrons. The molecule has 1 heteroatoms. The van der Waals surface area contributed by atoms with Crippen LogP contribution < -0.4 is 0 Å². The summed E-state index contributed by atoms with van der Waals surface area (Å²) in [6, 6.07) is 4.27. The zero-order valence-corrected chi connectivity index (χ0v) is 6.09. The molecule has 1 nitrogen and oxygen atoms in total. The molecule has 1 heterocycles. The van der Waals surface area contributed by atoms with Crippen molar-refractivity contribution < 1.29 is 0 Å². The lowest BCUT2D eigenvalue weighted by Crippen LogP contribution is -1.96. The second-order valence-corrected chi connectivity index (χ2v) is 2.14. The first-order valence-electron chi connectivity index (χ1n) is 3.52. The Morgan fingerprint density at radius 1 is 1.44 bits per heavy atom. The van der Waals surface area contributed by atoms with E-state index in [0.717, 1.165) is 13.0 Å². The highest BCUT2D eigenvalue weighted by atomic mass is 14.9. The van der Waals surface area contributed by atoms with Gasteiger partial charge in [0, 0.05) is 18.4 Å². The Morgan fingerprint density at radius 2 is 2.22 bits per heavy atom. The monoisotopic (exact) mass is 123 g/mol. The molecule has 0 amide bonds. The lowest BCUT2D eigenvalue weighted by atomic mass is 10.3. The van der Waals surface area contributed by atoms with Gasteiger partial charge in [-0.2, -0.15) is 0 Å². The molecule has 1 aromatic rings. The molecule has 0 saturated carbocycles. The molecule has 0 saturated heterocycles. The number of rotatable bonds is 2. The van der Waals surface area contributed by atoms with Gasteiger partial charge in [0.1, 0.15) is 0 Å². The lowest BCUT2D eigenvalue weighted by Gasteiger charge is -2.01. The SMILES string of the molecule is CCc1cccn1CC. The van der Waals surface area contributed by atoms with Gasteiger partial charge in [-0.1, -0.05) is 6.92 Å². The lowest BCUT2D eigenvalue weighted by molar-refractivity contribution is 0.721.